The van der Waals surface area contributed by atoms with E-state index in [0.29, 0.717) is 44.8 Å². The molecule has 1 heterocycles. The van der Waals surface area contributed by atoms with Gasteiger partial charge >= 0.3 is 0 Å². The van der Waals surface area contributed by atoms with Crippen LogP contribution in [0.1, 0.15) is 18.9 Å². The molecule has 0 aliphatic carbocycles. The lowest BCUT2D eigenvalue weighted by atomic mass is 10.1. The molecule has 0 unspecified atom stereocenters. The lowest BCUT2D eigenvalue weighted by molar-refractivity contribution is -0.385. The normalized spacial score (nSPS) is 15.2. The number of carbonyl (C=O) groups excluding carboxylic acids is 2. The van der Waals surface area contributed by atoms with Gasteiger partial charge in [-0.3, -0.25) is 24.6 Å². The van der Waals surface area contributed by atoms with Crippen molar-refractivity contribution in [2.75, 3.05) is 39.3 Å². The van der Waals surface area contributed by atoms with Gasteiger partial charge in [0.2, 0.25) is 11.8 Å². The molecule has 8 heteroatoms. The van der Waals surface area contributed by atoms with Crippen LogP contribution in [0.4, 0.5) is 5.69 Å². The zero-order valence-electron chi connectivity index (χ0n) is 14.9. The fourth-order valence-corrected chi connectivity index (χ4v) is 2.71. The Morgan fingerprint density at radius 3 is 2.58 bits per heavy atom. The minimum absolute atomic E-state index is 0.00269. The molecule has 1 fully saturated rings. The van der Waals surface area contributed by atoms with Gasteiger partial charge in [0.1, 0.15) is 0 Å². The van der Waals surface area contributed by atoms with Gasteiger partial charge in [-0.15, -0.1) is 0 Å². The molecule has 0 atom stereocenters. The van der Waals surface area contributed by atoms with Crippen molar-refractivity contribution in [3.8, 4) is 0 Å². The van der Waals surface area contributed by atoms with Crippen LogP contribution in [0.25, 0.3) is 6.08 Å². The summed E-state index contributed by atoms with van der Waals surface area (Å²) in [6, 6.07) is 6.30. The fraction of sp³-hybridized carbons (Fsp3) is 0.444. The third-order valence-corrected chi connectivity index (χ3v) is 4.16. The van der Waals surface area contributed by atoms with Gasteiger partial charge in [-0.25, -0.2) is 0 Å². The highest BCUT2D eigenvalue weighted by atomic mass is 16.6. The van der Waals surface area contributed by atoms with Crippen LogP contribution >= 0.6 is 0 Å². The predicted octanol–water partition coefficient (Wildman–Crippen LogP) is 1.28. The minimum Gasteiger partial charge on any atom is -0.355 e. The summed E-state index contributed by atoms with van der Waals surface area (Å²) in [7, 11) is 0. The van der Waals surface area contributed by atoms with Crippen molar-refractivity contribution < 1.29 is 14.5 Å². The zero-order valence-corrected chi connectivity index (χ0v) is 14.9. The molecule has 2 rings (SSSR count). The molecular weight excluding hydrogens is 336 g/mol. The number of nitro groups is 1. The SMILES string of the molecule is CCCNC(=O)CN1CCN(C(=O)/C=C/c2ccccc2[N+](=O)[O-])CC1. The number of benzene rings is 1. The van der Waals surface area contributed by atoms with Crippen LogP contribution in [0.3, 0.4) is 0 Å². The number of nitrogens with zero attached hydrogens (tertiary/aromatic N) is 3. The number of hydrogen-bond acceptors (Lipinski definition) is 5. The van der Waals surface area contributed by atoms with E-state index in [2.05, 4.69) is 5.32 Å². The molecule has 1 aliphatic heterocycles. The van der Waals surface area contributed by atoms with E-state index in [0.717, 1.165) is 6.42 Å². The molecule has 140 valence electrons. The molecule has 26 heavy (non-hydrogen) atoms. The van der Waals surface area contributed by atoms with Crippen LogP contribution in [-0.2, 0) is 9.59 Å². The highest BCUT2D eigenvalue weighted by Crippen LogP contribution is 2.19. The first-order chi connectivity index (χ1) is 12.5. The maximum absolute atomic E-state index is 12.3. The predicted molar refractivity (Wildman–Crippen MR) is 98.5 cm³/mol. The number of amides is 2. The molecule has 0 saturated carbocycles. The Kier molecular flexibility index (Phi) is 7.28. The van der Waals surface area contributed by atoms with Crippen molar-refractivity contribution >= 4 is 23.6 Å². The Labute approximate surface area is 152 Å². The average molecular weight is 360 g/mol. The van der Waals surface area contributed by atoms with Gasteiger partial charge < -0.3 is 10.2 Å². The average Bonchev–Trinajstić information content (AvgIpc) is 2.65. The van der Waals surface area contributed by atoms with E-state index in [1.165, 1.54) is 18.2 Å². The summed E-state index contributed by atoms with van der Waals surface area (Å²) in [5, 5.41) is 13.8. The summed E-state index contributed by atoms with van der Waals surface area (Å²) in [4.78, 5) is 38.3. The second-order valence-electron chi connectivity index (χ2n) is 6.10. The highest BCUT2D eigenvalue weighted by Gasteiger charge is 2.21. The van der Waals surface area contributed by atoms with Gasteiger partial charge in [0, 0.05) is 44.9 Å². The fourth-order valence-electron chi connectivity index (χ4n) is 2.71. The second-order valence-corrected chi connectivity index (χ2v) is 6.10. The zero-order chi connectivity index (χ0) is 18.9. The van der Waals surface area contributed by atoms with E-state index in [9.17, 15) is 19.7 Å². The van der Waals surface area contributed by atoms with Crippen LogP contribution in [0.2, 0.25) is 0 Å². The summed E-state index contributed by atoms with van der Waals surface area (Å²) < 4.78 is 0. The lowest BCUT2D eigenvalue weighted by Crippen LogP contribution is -2.50. The lowest BCUT2D eigenvalue weighted by Gasteiger charge is -2.33. The third-order valence-electron chi connectivity index (χ3n) is 4.16. The summed E-state index contributed by atoms with van der Waals surface area (Å²) in [6.07, 6.45) is 3.75. The van der Waals surface area contributed by atoms with Crippen molar-refractivity contribution in [3.05, 3.63) is 46.0 Å². The van der Waals surface area contributed by atoms with Gasteiger partial charge in [0.05, 0.1) is 17.0 Å². The molecule has 0 bridgehead atoms. The Bertz CT molecular complexity index is 682. The van der Waals surface area contributed by atoms with E-state index in [-0.39, 0.29) is 17.5 Å². The molecule has 1 aromatic rings. The van der Waals surface area contributed by atoms with Gasteiger partial charge in [0.15, 0.2) is 0 Å². The summed E-state index contributed by atoms with van der Waals surface area (Å²) in [6.45, 7) is 5.33. The molecule has 0 radical (unpaired) electrons. The maximum Gasteiger partial charge on any atom is 0.276 e. The standard InChI is InChI=1S/C18H24N4O4/c1-2-9-19-17(23)14-20-10-12-21(13-11-20)18(24)8-7-15-5-3-4-6-16(15)22(25)26/h3-8H,2,9-14H2,1H3,(H,19,23)/b8-7+. The quantitative estimate of drug-likeness (QED) is 0.449. The Hall–Kier alpha value is -2.74. The van der Waals surface area contributed by atoms with E-state index < -0.39 is 4.92 Å². The van der Waals surface area contributed by atoms with Crippen molar-refractivity contribution in [2.24, 2.45) is 0 Å². The summed E-state index contributed by atoms with van der Waals surface area (Å²) >= 11 is 0. The van der Waals surface area contributed by atoms with Crippen LogP contribution in [0, 0.1) is 10.1 Å². The Balaban J connectivity index is 1.85. The topological polar surface area (TPSA) is 95.8 Å². The number of nitrogens with one attached hydrogen (secondary N) is 1. The molecule has 0 aromatic heterocycles. The number of nitro benzene ring substituents is 1. The van der Waals surface area contributed by atoms with Crippen LogP contribution in [0.15, 0.2) is 30.3 Å². The molecule has 0 spiro atoms. The molecule has 1 N–H and O–H groups in total. The molecule has 1 aliphatic rings. The van der Waals surface area contributed by atoms with Crippen molar-refractivity contribution in [1.82, 2.24) is 15.1 Å². The molecule has 8 nitrogen and oxygen atoms in total. The van der Waals surface area contributed by atoms with Gasteiger partial charge in [-0.05, 0) is 18.6 Å². The molecular formula is C18H24N4O4. The number of hydrogen-bond donors (Lipinski definition) is 1. The van der Waals surface area contributed by atoms with Gasteiger partial charge in [0.25, 0.3) is 5.69 Å². The number of rotatable bonds is 7. The van der Waals surface area contributed by atoms with E-state index in [1.54, 1.807) is 23.1 Å². The van der Waals surface area contributed by atoms with Crippen molar-refractivity contribution in [2.45, 2.75) is 13.3 Å². The Morgan fingerprint density at radius 2 is 1.92 bits per heavy atom. The van der Waals surface area contributed by atoms with Gasteiger partial charge in [-0.2, -0.15) is 0 Å². The largest absolute Gasteiger partial charge is 0.355 e. The molecule has 2 amide bonds. The first-order valence-electron chi connectivity index (χ1n) is 8.70. The maximum atomic E-state index is 12.3. The minimum atomic E-state index is -0.466. The van der Waals surface area contributed by atoms with Crippen LogP contribution in [0.5, 0.6) is 0 Å². The van der Waals surface area contributed by atoms with E-state index in [4.69, 9.17) is 0 Å². The van der Waals surface area contributed by atoms with Crippen molar-refractivity contribution in [1.29, 1.82) is 0 Å². The third kappa shape index (κ3) is 5.66. The molecule has 1 saturated heterocycles. The summed E-state index contributed by atoms with van der Waals surface area (Å²) in [5.41, 5.74) is 0.372. The molecule has 1 aromatic carbocycles. The number of piperazine rings is 1. The van der Waals surface area contributed by atoms with Crippen molar-refractivity contribution in [3.63, 3.8) is 0 Å². The monoisotopic (exact) mass is 360 g/mol. The summed E-state index contributed by atoms with van der Waals surface area (Å²) in [5.74, 6) is -0.179. The second kappa shape index (κ2) is 9.67. The Morgan fingerprint density at radius 1 is 1.23 bits per heavy atom. The van der Waals surface area contributed by atoms with E-state index >= 15 is 0 Å². The van der Waals surface area contributed by atoms with Crippen LogP contribution < -0.4 is 5.32 Å². The first-order valence-corrected chi connectivity index (χ1v) is 8.70. The van der Waals surface area contributed by atoms with Crippen LogP contribution in [-0.4, -0.2) is 65.8 Å². The highest BCUT2D eigenvalue weighted by molar-refractivity contribution is 5.92. The first kappa shape index (κ1) is 19.6. The smallest absolute Gasteiger partial charge is 0.276 e. The van der Waals surface area contributed by atoms with Gasteiger partial charge in [-0.1, -0.05) is 19.1 Å². The van der Waals surface area contributed by atoms with E-state index in [1.807, 2.05) is 11.8 Å². The number of para-hydroxylation sites is 1. The number of carbonyl (C=O) groups is 2.